The lowest BCUT2D eigenvalue weighted by Gasteiger charge is -2.28. The maximum atomic E-state index is 14.2. The number of halogens is 2. The Bertz CT molecular complexity index is 658. The fourth-order valence-electron chi connectivity index (χ4n) is 3.52. The molecule has 0 unspecified atom stereocenters. The maximum Gasteiger partial charge on any atom is 0.175 e. The van der Waals surface area contributed by atoms with Crippen LogP contribution >= 0.6 is 0 Å². The zero-order chi connectivity index (χ0) is 15.0. The van der Waals surface area contributed by atoms with Crippen LogP contribution < -0.4 is 0 Å². The molecule has 0 heterocycles. The lowest BCUT2D eigenvalue weighted by Crippen LogP contribution is -2.12. The SMILES string of the molecule is CCC1CCC(c2cc(F)c3c(F)c(O)ccc3c2)CC1. The monoisotopic (exact) mass is 290 g/mol. The topological polar surface area (TPSA) is 20.2 Å². The summed E-state index contributed by atoms with van der Waals surface area (Å²) in [6.07, 6.45) is 5.73. The summed E-state index contributed by atoms with van der Waals surface area (Å²) in [5, 5.41) is 9.79. The molecule has 0 saturated heterocycles. The first-order valence-corrected chi connectivity index (χ1v) is 7.70. The lowest BCUT2D eigenvalue weighted by atomic mass is 9.77. The van der Waals surface area contributed by atoms with E-state index in [2.05, 4.69) is 6.92 Å². The third-order valence-electron chi connectivity index (χ3n) is 4.90. The second kappa shape index (κ2) is 5.63. The third kappa shape index (κ3) is 2.61. The average molecular weight is 290 g/mol. The number of hydrogen-bond acceptors (Lipinski definition) is 1. The first-order valence-electron chi connectivity index (χ1n) is 7.70. The van der Waals surface area contributed by atoms with E-state index in [1.54, 1.807) is 6.07 Å². The van der Waals surface area contributed by atoms with Crippen LogP contribution in [-0.4, -0.2) is 5.11 Å². The quantitative estimate of drug-likeness (QED) is 0.773. The van der Waals surface area contributed by atoms with Gasteiger partial charge in [-0.25, -0.2) is 8.78 Å². The molecular formula is C18H20F2O. The number of benzene rings is 2. The highest BCUT2D eigenvalue weighted by Crippen LogP contribution is 2.39. The molecule has 21 heavy (non-hydrogen) atoms. The summed E-state index contributed by atoms with van der Waals surface area (Å²) in [6, 6.07) is 6.19. The van der Waals surface area contributed by atoms with Crippen LogP contribution in [0.15, 0.2) is 24.3 Å². The number of phenolic OH excluding ortho intramolecular Hbond substituents is 1. The number of hydrogen-bond donors (Lipinski definition) is 1. The van der Waals surface area contributed by atoms with Crippen molar-refractivity contribution in [1.29, 1.82) is 0 Å². The van der Waals surface area contributed by atoms with Crippen molar-refractivity contribution in [3.05, 3.63) is 41.5 Å². The minimum atomic E-state index is -0.869. The Morgan fingerprint density at radius 1 is 1.10 bits per heavy atom. The minimum absolute atomic E-state index is 0.110. The molecule has 1 N–H and O–H groups in total. The number of aromatic hydroxyl groups is 1. The summed E-state index contributed by atoms with van der Waals surface area (Å²) in [4.78, 5) is 0. The van der Waals surface area contributed by atoms with Gasteiger partial charge in [0.05, 0.1) is 5.39 Å². The standard InChI is InChI=1S/C18H20F2O/c1-2-11-3-5-12(6-4-11)14-9-13-7-8-16(21)18(20)17(13)15(19)10-14/h7-12,21H,2-6H2,1H3. The Morgan fingerprint density at radius 2 is 1.81 bits per heavy atom. The van der Waals surface area contributed by atoms with Crippen molar-refractivity contribution in [3.63, 3.8) is 0 Å². The summed E-state index contributed by atoms with van der Waals surface area (Å²) in [6.45, 7) is 2.22. The molecule has 3 rings (SSSR count). The third-order valence-corrected chi connectivity index (χ3v) is 4.90. The summed E-state index contributed by atoms with van der Waals surface area (Å²) in [7, 11) is 0. The van der Waals surface area contributed by atoms with Gasteiger partial charge >= 0.3 is 0 Å². The van der Waals surface area contributed by atoms with E-state index < -0.39 is 17.4 Å². The van der Waals surface area contributed by atoms with E-state index in [0.29, 0.717) is 11.3 Å². The van der Waals surface area contributed by atoms with Crippen molar-refractivity contribution >= 4 is 10.8 Å². The lowest BCUT2D eigenvalue weighted by molar-refractivity contribution is 0.318. The minimum Gasteiger partial charge on any atom is -0.505 e. The van der Waals surface area contributed by atoms with Crippen LogP contribution in [0.5, 0.6) is 5.75 Å². The van der Waals surface area contributed by atoms with Gasteiger partial charge < -0.3 is 5.11 Å². The Kier molecular flexibility index (Phi) is 3.83. The number of phenols is 1. The maximum absolute atomic E-state index is 14.2. The molecule has 1 saturated carbocycles. The molecule has 0 amide bonds. The van der Waals surface area contributed by atoms with E-state index in [9.17, 15) is 13.9 Å². The van der Waals surface area contributed by atoms with Gasteiger partial charge in [0, 0.05) is 0 Å². The predicted molar refractivity (Wildman–Crippen MR) is 80.5 cm³/mol. The molecule has 2 aromatic carbocycles. The van der Waals surface area contributed by atoms with E-state index in [1.165, 1.54) is 31.4 Å². The van der Waals surface area contributed by atoms with Gasteiger partial charge in [-0.15, -0.1) is 0 Å². The smallest absolute Gasteiger partial charge is 0.175 e. The van der Waals surface area contributed by atoms with Crippen molar-refractivity contribution in [2.45, 2.75) is 44.9 Å². The van der Waals surface area contributed by atoms with Crippen LogP contribution in [-0.2, 0) is 0 Å². The Hall–Kier alpha value is -1.64. The molecule has 1 aliphatic rings. The van der Waals surface area contributed by atoms with Gasteiger partial charge in [-0.05, 0) is 60.6 Å². The molecule has 0 radical (unpaired) electrons. The van der Waals surface area contributed by atoms with Crippen LogP contribution in [0.25, 0.3) is 10.8 Å². The highest BCUT2D eigenvalue weighted by molar-refractivity contribution is 5.86. The highest BCUT2D eigenvalue weighted by atomic mass is 19.1. The van der Waals surface area contributed by atoms with Crippen LogP contribution in [0.3, 0.4) is 0 Å². The normalized spacial score (nSPS) is 22.6. The van der Waals surface area contributed by atoms with Gasteiger partial charge in [0.15, 0.2) is 11.6 Å². The largest absolute Gasteiger partial charge is 0.505 e. The molecule has 0 bridgehead atoms. The summed E-state index contributed by atoms with van der Waals surface area (Å²) < 4.78 is 28.1. The van der Waals surface area contributed by atoms with Crippen molar-refractivity contribution in [2.24, 2.45) is 5.92 Å². The molecular weight excluding hydrogens is 270 g/mol. The van der Waals surface area contributed by atoms with Gasteiger partial charge in [0.25, 0.3) is 0 Å². The number of fused-ring (bicyclic) bond motifs is 1. The van der Waals surface area contributed by atoms with Crippen LogP contribution in [0.4, 0.5) is 8.78 Å². The summed E-state index contributed by atoms with van der Waals surface area (Å²) in [5.41, 5.74) is 0.958. The van der Waals surface area contributed by atoms with Gasteiger partial charge in [-0.1, -0.05) is 25.5 Å². The zero-order valence-corrected chi connectivity index (χ0v) is 12.2. The zero-order valence-electron chi connectivity index (χ0n) is 12.2. The molecule has 0 aliphatic heterocycles. The van der Waals surface area contributed by atoms with Crippen molar-refractivity contribution in [3.8, 4) is 5.75 Å². The molecule has 0 atom stereocenters. The summed E-state index contributed by atoms with van der Waals surface area (Å²) in [5.74, 6) is -0.790. The predicted octanol–water partition coefficient (Wildman–Crippen LogP) is 5.51. The van der Waals surface area contributed by atoms with E-state index in [0.717, 1.165) is 24.3 Å². The molecule has 0 spiro atoms. The molecule has 112 valence electrons. The van der Waals surface area contributed by atoms with Crippen LogP contribution in [0, 0.1) is 17.6 Å². The number of rotatable bonds is 2. The van der Waals surface area contributed by atoms with Gasteiger partial charge in [-0.3, -0.25) is 0 Å². The Morgan fingerprint density at radius 3 is 2.48 bits per heavy atom. The second-order valence-electron chi connectivity index (χ2n) is 6.13. The fourth-order valence-corrected chi connectivity index (χ4v) is 3.52. The first kappa shape index (κ1) is 14.3. The molecule has 1 fully saturated rings. The van der Waals surface area contributed by atoms with Crippen molar-refractivity contribution in [2.75, 3.05) is 0 Å². The Labute approximate surface area is 123 Å². The van der Waals surface area contributed by atoms with Gasteiger partial charge in [0.1, 0.15) is 5.82 Å². The van der Waals surface area contributed by atoms with Gasteiger partial charge in [0.2, 0.25) is 0 Å². The molecule has 1 aliphatic carbocycles. The van der Waals surface area contributed by atoms with Crippen molar-refractivity contribution < 1.29 is 13.9 Å². The Balaban J connectivity index is 1.96. The van der Waals surface area contributed by atoms with Crippen LogP contribution in [0.2, 0.25) is 0 Å². The average Bonchev–Trinajstić information content (AvgIpc) is 2.50. The first-order chi connectivity index (χ1) is 10.1. The highest BCUT2D eigenvalue weighted by Gasteiger charge is 2.23. The van der Waals surface area contributed by atoms with Crippen LogP contribution in [0.1, 0.15) is 50.5 Å². The summed E-state index contributed by atoms with van der Waals surface area (Å²) >= 11 is 0. The second-order valence-corrected chi connectivity index (χ2v) is 6.13. The molecule has 1 nitrogen and oxygen atoms in total. The van der Waals surface area contributed by atoms with E-state index in [4.69, 9.17) is 0 Å². The fraction of sp³-hybridized carbons (Fsp3) is 0.444. The van der Waals surface area contributed by atoms with E-state index in [-0.39, 0.29) is 5.39 Å². The molecule has 3 heteroatoms. The van der Waals surface area contributed by atoms with E-state index >= 15 is 0 Å². The van der Waals surface area contributed by atoms with E-state index in [1.807, 2.05) is 6.07 Å². The molecule has 2 aromatic rings. The van der Waals surface area contributed by atoms with Gasteiger partial charge in [-0.2, -0.15) is 0 Å². The molecule has 0 aromatic heterocycles. The van der Waals surface area contributed by atoms with Crippen molar-refractivity contribution in [1.82, 2.24) is 0 Å².